The number of alkyl halides is 3. The van der Waals surface area contributed by atoms with Gasteiger partial charge in [0.05, 0.1) is 12.1 Å². The molecule has 0 bridgehead atoms. The molecule has 11 heteroatoms. The standard InChI is InChI=1S/C33H32F3N5O2S/c1-21(2)30-23(4)6-5-7-28(30)40-16-17-44-32(40)38-29(42)19-22(3)18-24-8-10-25(11-9-24)31-37-20-41(39-31)26-12-14-27(15-13-26)43-33(34,35)36/h5-15,18,20-21H,16-17,19H2,1-4H3/b22-18+,38-32?. The molecule has 2 heterocycles. The van der Waals surface area contributed by atoms with Gasteiger partial charge in [0.2, 0.25) is 0 Å². The molecule has 1 aliphatic heterocycles. The van der Waals surface area contributed by atoms with Crippen molar-refractivity contribution < 1.29 is 22.7 Å². The summed E-state index contributed by atoms with van der Waals surface area (Å²) in [6, 6.07) is 19.3. The maximum atomic E-state index is 13.0. The number of aliphatic imine (C=N–C) groups is 1. The van der Waals surface area contributed by atoms with E-state index in [4.69, 9.17) is 0 Å². The summed E-state index contributed by atoms with van der Waals surface area (Å²) < 4.78 is 42.6. The number of benzene rings is 3. The van der Waals surface area contributed by atoms with Crippen LogP contribution in [0.4, 0.5) is 18.9 Å². The van der Waals surface area contributed by atoms with Gasteiger partial charge < -0.3 is 9.64 Å². The molecule has 228 valence electrons. The van der Waals surface area contributed by atoms with Crippen LogP contribution in [0.1, 0.15) is 49.8 Å². The van der Waals surface area contributed by atoms with E-state index in [0.717, 1.165) is 39.9 Å². The number of amidine groups is 1. The zero-order valence-electron chi connectivity index (χ0n) is 24.8. The van der Waals surface area contributed by atoms with E-state index in [1.165, 1.54) is 46.4 Å². The predicted octanol–water partition coefficient (Wildman–Crippen LogP) is 8.19. The van der Waals surface area contributed by atoms with Gasteiger partial charge in [-0.05, 0) is 66.8 Å². The first-order chi connectivity index (χ1) is 21.0. The Hall–Kier alpha value is -4.38. The second kappa shape index (κ2) is 13.1. The number of anilines is 1. The minimum absolute atomic E-state index is 0.184. The monoisotopic (exact) mass is 619 g/mol. The van der Waals surface area contributed by atoms with E-state index in [9.17, 15) is 18.0 Å². The molecule has 7 nitrogen and oxygen atoms in total. The van der Waals surface area contributed by atoms with Crippen molar-refractivity contribution in [3.63, 3.8) is 0 Å². The lowest BCUT2D eigenvalue weighted by molar-refractivity contribution is -0.274. The second-order valence-electron chi connectivity index (χ2n) is 10.8. The average Bonchev–Trinajstić information content (AvgIpc) is 3.63. The number of carbonyl (C=O) groups excluding carboxylic acids is 1. The van der Waals surface area contributed by atoms with Gasteiger partial charge in [-0.2, -0.15) is 4.99 Å². The molecule has 0 radical (unpaired) electrons. The van der Waals surface area contributed by atoms with Crippen molar-refractivity contribution in [2.75, 3.05) is 17.2 Å². The Morgan fingerprint density at radius 1 is 1.09 bits per heavy atom. The summed E-state index contributed by atoms with van der Waals surface area (Å²) in [5.41, 5.74) is 6.77. The van der Waals surface area contributed by atoms with E-state index in [1.807, 2.05) is 37.3 Å². The minimum atomic E-state index is -4.75. The molecule has 0 N–H and O–H groups in total. The number of aryl methyl sites for hydroxylation is 1. The topological polar surface area (TPSA) is 72.6 Å². The summed E-state index contributed by atoms with van der Waals surface area (Å²) in [6.07, 6.45) is -1.09. The van der Waals surface area contributed by atoms with Crippen molar-refractivity contribution in [2.24, 2.45) is 4.99 Å². The van der Waals surface area contributed by atoms with E-state index in [2.05, 4.69) is 63.7 Å². The number of nitrogens with zero attached hydrogens (tertiary/aromatic N) is 5. The van der Waals surface area contributed by atoms with Crippen LogP contribution < -0.4 is 9.64 Å². The minimum Gasteiger partial charge on any atom is -0.406 e. The van der Waals surface area contributed by atoms with E-state index in [1.54, 1.807) is 11.8 Å². The lowest BCUT2D eigenvalue weighted by Crippen LogP contribution is -2.26. The van der Waals surface area contributed by atoms with Gasteiger partial charge in [-0.3, -0.25) is 4.79 Å². The number of hydrogen-bond acceptors (Lipinski definition) is 5. The highest BCUT2D eigenvalue weighted by Gasteiger charge is 2.31. The first kappa shape index (κ1) is 31.1. The number of carbonyl (C=O) groups is 1. The summed E-state index contributed by atoms with van der Waals surface area (Å²) >= 11 is 1.61. The van der Waals surface area contributed by atoms with Gasteiger partial charge in [0.25, 0.3) is 5.91 Å². The van der Waals surface area contributed by atoms with Gasteiger partial charge >= 0.3 is 6.36 Å². The third-order valence-corrected chi connectivity index (χ3v) is 7.96. The van der Waals surface area contributed by atoms with Gasteiger partial charge in [-0.15, -0.1) is 18.3 Å². The molecule has 1 fully saturated rings. The molecule has 0 saturated carbocycles. The highest BCUT2D eigenvalue weighted by Crippen LogP contribution is 2.35. The van der Waals surface area contributed by atoms with E-state index in [0.29, 0.717) is 17.4 Å². The van der Waals surface area contributed by atoms with Crippen molar-refractivity contribution in [1.29, 1.82) is 0 Å². The quantitative estimate of drug-likeness (QED) is 0.198. The Bertz CT molecular complexity index is 1690. The molecule has 4 aromatic rings. The summed E-state index contributed by atoms with van der Waals surface area (Å²) in [7, 11) is 0. The van der Waals surface area contributed by atoms with Crippen LogP contribution in [-0.2, 0) is 4.79 Å². The van der Waals surface area contributed by atoms with Crippen LogP contribution in [0.5, 0.6) is 5.75 Å². The van der Waals surface area contributed by atoms with Crippen LogP contribution in [0.25, 0.3) is 23.2 Å². The molecule has 0 aliphatic carbocycles. The Labute approximate surface area is 258 Å². The fraction of sp³-hybridized carbons (Fsp3) is 0.273. The first-order valence-electron chi connectivity index (χ1n) is 14.1. The molecule has 1 amide bonds. The number of halogens is 3. The Kier molecular flexibility index (Phi) is 9.24. The Balaban J connectivity index is 1.23. The van der Waals surface area contributed by atoms with Crippen molar-refractivity contribution in [3.05, 3.63) is 95.3 Å². The SMILES string of the molecule is C/C(=C\c1ccc(-c2ncn(-c3ccc(OC(F)(F)F)cc3)n2)cc1)CC(=O)N=C1SCCN1c1cccc(C)c1C(C)C. The molecule has 3 aromatic carbocycles. The molecule has 1 aliphatic rings. The third kappa shape index (κ3) is 7.57. The predicted molar refractivity (Wildman–Crippen MR) is 169 cm³/mol. The fourth-order valence-corrected chi connectivity index (χ4v) is 6.11. The largest absolute Gasteiger partial charge is 0.573 e. The maximum Gasteiger partial charge on any atom is 0.573 e. The van der Waals surface area contributed by atoms with Crippen LogP contribution in [-0.4, -0.2) is 44.5 Å². The normalized spacial score (nSPS) is 15.0. The number of aromatic nitrogens is 3. The summed E-state index contributed by atoms with van der Waals surface area (Å²) in [6.45, 7) is 9.22. The van der Waals surface area contributed by atoms with Gasteiger partial charge in [-0.1, -0.05) is 73.7 Å². The molecule has 0 atom stereocenters. The van der Waals surface area contributed by atoms with Crippen molar-refractivity contribution >= 4 is 34.6 Å². The lowest BCUT2D eigenvalue weighted by atomic mass is 9.95. The first-order valence-corrected chi connectivity index (χ1v) is 15.1. The summed E-state index contributed by atoms with van der Waals surface area (Å²) in [5.74, 6) is 1.22. The van der Waals surface area contributed by atoms with Crippen LogP contribution in [0.15, 0.2) is 83.6 Å². The number of thioether (sulfide) groups is 1. The number of rotatable bonds is 8. The smallest absolute Gasteiger partial charge is 0.406 e. The van der Waals surface area contributed by atoms with E-state index < -0.39 is 6.36 Å². The van der Waals surface area contributed by atoms with Crippen LogP contribution in [0.3, 0.4) is 0 Å². The highest BCUT2D eigenvalue weighted by molar-refractivity contribution is 8.14. The number of amides is 1. The van der Waals surface area contributed by atoms with Gasteiger partial charge in [-0.25, -0.2) is 9.67 Å². The van der Waals surface area contributed by atoms with Crippen molar-refractivity contribution in [3.8, 4) is 22.8 Å². The second-order valence-corrected chi connectivity index (χ2v) is 11.9. The Morgan fingerprint density at radius 3 is 2.50 bits per heavy atom. The number of ether oxygens (including phenoxy) is 1. The third-order valence-electron chi connectivity index (χ3n) is 7.01. The fourth-order valence-electron chi connectivity index (χ4n) is 5.14. The van der Waals surface area contributed by atoms with Crippen LogP contribution in [0.2, 0.25) is 0 Å². The molecule has 1 saturated heterocycles. The molecule has 44 heavy (non-hydrogen) atoms. The van der Waals surface area contributed by atoms with E-state index in [-0.39, 0.29) is 18.1 Å². The van der Waals surface area contributed by atoms with Crippen molar-refractivity contribution in [1.82, 2.24) is 14.8 Å². The Morgan fingerprint density at radius 2 is 1.82 bits per heavy atom. The summed E-state index contributed by atoms with van der Waals surface area (Å²) in [5, 5.41) is 5.19. The van der Waals surface area contributed by atoms with Gasteiger partial charge in [0.15, 0.2) is 11.0 Å². The molecule has 0 spiro atoms. The molecule has 1 aromatic heterocycles. The van der Waals surface area contributed by atoms with Crippen LogP contribution >= 0.6 is 11.8 Å². The van der Waals surface area contributed by atoms with Crippen LogP contribution in [0, 0.1) is 6.92 Å². The lowest BCUT2D eigenvalue weighted by Gasteiger charge is -2.24. The van der Waals surface area contributed by atoms with Gasteiger partial charge in [0.1, 0.15) is 12.1 Å². The molecular formula is C33H32F3N5O2S. The average molecular weight is 620 g/mol. The maximum absolute atomic E-state index is 13.0. The zero-order valence-corrected chi connectivity index (χ0v) is 25.6. The number of hydrogen-bond donors (Lipinski definition) is 0. The van der Waals surface area contributed by atoms with Crippen molar-refractivity contribution in [2.45, 2.75) is 46.4 Å². The zero-order chi connectivity index (χ0) is 31.4. The summed E-state index contributed by atoms with van der Waals surface area (Å²) in [4.78, 5) is 23.9. The molecule has 0 unspecified atom stereocenters. The molecular weight excluding hydrogens is 587 g/mol. The highest BCUT2D eigenvalue weighted by atomic mass is 32.2. The van der Waals surface area contributed by atoms with Gasteiger partial charge in [0, 0.05) is 23.5 Å². The molecule has 5 rings (SSSR count). The van der Waals surface area contributed by atoms with E-state index >= 15 is 0 Å².